The van der Waals surface area contributed by atoms with Gasteiger partial charge in [-0.1, -0.05) is 201 Å². The summed E-state index contributed by atoms with van der Waals surface area (Å²) in [5, 5.41) is 0. The Morgan fingerprint density at radius 3 is 0.683 bits per heavy atom. The number of unbranched alkanes of at least 4 members (excludes halogenated alkanes) is 28. The van der Waals surface area contributed by atoms with Crippen molar-refractivity contribution in [2.75, 3.05) is 0 Å². The van der Waals surface area contributed by atoms with Crippen molar-refractivity contribution in [3.05, 3.63) is 0 Å². The van der Waals surface area contributed by atoms with Crippen molar-refractivity contribution >= 4 is 46.2 Å². The Labute approximate surface area is 280 Å². The molecule has 41 heavy (non-hydrogen) atoms. The van der Waals surface area contributed by atoms with Gasteiger partial charge in [-0.15, -0.1) is 0 Å². The third-order valence-corrected chi connectivity index (χ3v) is 7.38. The molecule has 0 saturated heterocycles. The fourth-order valence-electron chi connectivity index (χ4n) is 4.87. The normalized spacial score (nSPS) is 10.7. The van der Waals surface area contributed by atoms with Gasteiger partial charge in [0.2, 0.25) is 0 Å². The van der Waals surface area contributed by atoms with Gasteiger partial charge in [0, 0.05) is 6.42 Å². The predicted molar refractivity (Wildman–Crippen MR) is 183 cm³/mol. The molecule has 0 heterocycles. The second-order valence-electron chi connectivity index (χ2n) is 11.6. The number of rotatable bonds is 29. The first kappa shape index (κ1) is 48.4. The van der Waals surface area contributed by atoms with E-state index in [-0.39, 0.29) is 29.6 Å². The molecule has 0 aliphatic carbocycles. The fourth-order valence-corrected chi connectivity index (χ4v) is 4.87. The molecular formula is C34H73NaO5S. The molecule has 0 aromatic heterocycles. The van der Waals surface area contributed by atoms with Crippen LogP contribution in [0.1, 0.15) is 213 Å². The zero-order valence-corrected chi connectivity index (χ0v) is 28.1. The monoisotopic (exact) mass is 617 g/mol. The van der Waals surface area contributed by atoms with Crippen LogP contribution < -0.4 is 0 Å². The molecule has 5 nitrogen and oxygen atoms in total. The van der Waals surface area contributed by atoms with Gasteiger partial charge >= 0.3 is 40.0 Å². The van der Waals surface area contributed by atoms with Crippen molar-refractivity contribution in [2.24, 2.45) is 0 Å². The zero-order valence-electron chi connectivity index (χ0n) is 27.3. The van der Waals surface area contributed by atoms with Gasteiger partial charge < -0.3 is 4.79 Å². The molecule has 0 saturated carbocycles. The van der Waals surface area contributed by atoms with Crippen molar-refractivity contribution < 1.29 is 22.3 Å². The number of aldehydes is 1. The first-order valence-electron chi connectivity index (χ1n) is 17.5. The van der Waals surface area contributed by atoms with Gasteiger partial charge in [0.25, 0.3) is 0 Å². The molecule has 0 aliphatic heterocycles. The molecule has 0 spiro atoms. The summed E-state index contributed by atoms with van der Waals surface area (Å²) in [6.45, 7) is 6.86. The summed E-state index contributed by atoms with van der Waals surface area (Å²) >= 11 is 0. The Morgan fingerprint density at radius 1 is 0.390 bits per heavy atom. The topological polar surface area (TPSA) is 91.7 Å². The maximum atomic E-state index is 10.1. The van der Waals surface area contributed by atoms with Crippen molar-refractivity contribution in [1.82, 2.24) is 0 Å². The van der Waals surface area contributed by atoms with Crippen LogP contribution in [0.5, 0.6) is 0 Å². The molecule has 0 fully saturated rings. The molecule has 0 unspecified atom stereocenters. The SMILES string of the molecule is CCCCCCCCCCCCCCCC.CCCCCCCCCCCCCCCCCC=O.O=S(=O)(O)O.[NaH]. The predicted octanol–water partition coefficient (Wildman–Crippen LogP) is 11.6. The van der Waals surface area contributed by atoms with E-state index in [0.29, 0.717) is 0 Å². The van der Waals surface area contributed by atoms with Gasteiger partial charge in [-0.3, -0.25) is 9.11 Å². The summed E-state index contributed by atoms with van der Waals surface area (Å²) in [5.74, 6) is 0. The summed E-state index contributed by atoms with van der Waals surface area (Å²) in [6, 6.07) is 0. The van der Waals surface area contributed by atoms with Crippen LogP contribution in [0, 0.1) is 0 Å². The third kappa shape index (κ3) is 69.0. The summed E-state index contributed by atoms with van der Waals surface area (Å²) in [7, 11) is -4.67. The van der Waals surface area contributed by atoms with Crippen LogP contribution in [0.3, 0.4) is 0 Å². The summed E-state index contributed by atoms with van der Waals surface area (Å²) in [5.41, 5.74) is 0. The summed E-state index contributed by atoms with van der Waals surface area (Å²) in [4.78, 5) is 10.1. The Hall–Kier alpha value is 0.540. The van der Waals surface area contributed by atoms with E-state index in [2.05, 4.69) is 20.8 Å². The van der Waals surface area contributed by atoms with Crippen molar-refractivity contribution in [3.63, 3.8) is 0 Å². The Morgan fingerprint density at radius 2 is 0.537 bits per heavy atom. The first-order valence-corrected chi connectivity index (χ1v) is 18.9. The molecule has 0 radical (unpaired) electrons. The van der Waals surface area contributed by atoms with Gasteiger partial charge in [-0.2, -0.15) is 8.42 Å². The molecule has 0 aromatic carbocycles. The van der Waals surface area contributed by atoms with Crippen molar-refractivity contribution in [3.8, 4) is 0 Å². The van der Waals surface area contributed by atoms with Gasteiger partial charge in [-0.05, 0) is 6.42 Å². The second kappa shape index (κ2) is 45.0. The Bertz CT molecular complexity index is 521. The van der Waals surface area contributed by atoms with E-state index < -0.39 is 10.4 Å². The minimum atomic E-state index is -4.67. The molecule has 0 amide bonds. The zero-order chi connectivity index (χ0) is 30.4. The van der Waals surface area contributed by atoms with E-state index in [0.717, 1.165) is 19.1 Å². The fraction of sp³-hybridized carbons (Fsp3) is 0.971. The summed E-state index contributed by atoms with van der Waals surface area (Å²) in [6.07, 6.45) is 43.0. The number of carbonyl (C=O) groups is 1. The van der Waals surface area contributed by atoms with Crippen LogP contribution in [-0.2, 0) is 15.2 Å². The van der Waals surface area contributed by atoms with Crippen LogP contribution in [0.15, 0.2) is 0 Å². The van der Waals surface area contributed by atoms with E-state index in [1.807, 2.05) is 0 Å². The third-order valence-electron chi connectivity index (χ3n) is 7.38. The number of hydrogen-bond acceptors (Lipinski definition) is 3. The average molecular weight is 617 g/mol. The van der Waals surface area contributed by atoms with Crippen LogP contribution in [0.25, 0.3) is 0 Å². The maximum absolute atomic E-state index is 10.1. The standard InChI is InChI=1S/C18H36O.C16H34.Na.H2O4S.H/c1-2-3-4-5-6-7-8-9-10-11-12-13-14-15-16-17-18-19;1-3-5-7-9-11-13-15-16-14-12-10-8-6-4-2;;1-5(2,3)4;/h18H,2-17H2,1H3;3-16H2,1-2H3;;(H2,1,2,3,4);. The Balaban J connectivity index is -0.000000283. The van der Waals surface area contributed by atoms with Gasteiger partial charge in [0.05, 0.1) is 0 Å². The van der Waals surface area contributed by atoms with Crippen molar-refractivity contribution in [1.29, 1.82) is 0 Å². The second-order valence-corrected chi connectivity index (χ2v) is 12.5. The van der Waals surface area contributed by atoms with E-state index in [1.54, 1.807) is 0 Å². The molecule has 246 valence electrons. The van der Waals surface area contributed by atoms with Crippen LogP contribution in [0.4, 0.5) is 0 Å². The minimum absolute atomic E-state index is 0. The van der Waals surface area contributed by atoms with Crippen LogP contribution >= 0.6 is 0 Å². The van der Waals surface area contributed by atoms with E-state index >= 15 is 0 Å². The van der Waals surface area contributed by atoms with Gasteiger partial charge in [0.1, 0.15) is 6.29 Å². The molecular weight excluding hydrogens is 543 g/mol. The molecule has 0 atom stereocenters. The number of hydrogen-bond donors (Lipinski definition) is 2. The van der Waals surface area contributed by atoms with Gasteiger partial charge in [-0.25, -0.2) is 0 Å². The molecule has 0 rings (SSSR count). The van der Waals surface area contributed by atoms with Gasteiger partial charge in [0.15, 0.2) is 0 Å². The van der Waals surface area contributed by atoms with Crippen LogP contribution in [0.2, 0.25) is 0 Å². The number of carbonyl (C=O) groups excluding carboxylic acids is 1. The molecule has 0 aromatic rings. The van der Waals surface area contributed by atoms with Crippen molar-refractivity contribution in [2.45, 2.75) is 213 Å². The molecule has 0 bridgehead atoms. The average Bonchev–Trinajstić information content (AvgIpc) is 2.91. The van der Waals surface area contributed by atoms with Crippen LogP contribution in [-0.4, -0.2) is 53.4 Å². The Kier molecular flexibility index (Phi) is 53.1. The first-order chi connectivity index (χ1) is 19.3. The summed E-state index contributed by atoms with van der Waals surface area (Å²) < 4.78 is 31.6. The van der Waals surface area contributed by atoms with E-state index in [1.165, 1.54) is 180 Å². The molecule has 0 aliphatic rings. The van der Waals surface area contributed by atoms with E-state index in [9.17, 15) is 4.79 Å². The molecule has 2 N–H and O–H groups in total. The quantitative estimate of drug-likeness (QED) is 0.0377. The van der Waals surface area contributed by atoms with E-state index in [4.69, 9.17) is 17.5 Å². The molecule has 7 heteroatoms.